The maximum Gasteiger partial charge on any atom is 0.354 e. The smallest absolute Gasteiger partial charge is 0.354 e. The number of hydrogen-bond acceptors (Lipinski definition) is 5. The molecular formula is C27H24N2O4. The number of methoxy groups -OCH3 is 1. The Morgan fingerprint density at radius 3 is 2.03 bits per heavy atom. The lowest BCUT2D eigenvalue weighted by molar-refractivity contribution is -0.384. The van der Waals surface area contributed by atoms with Gasteiger partial charge in [-0.05, 0) is 41.8 Å². The van der Waals surface area contributed by atoms with Crippen molar-refractivity contribution < 1.29 is 14.5 Å². The van der Waals surface area contributed by atoms with Crippen molar-refractivity contribution in [2.45, 2.75) is 18.8 Å². The van der Waals surface area contributed by atoms with Crippen LogP contribution in [-0.2, 0) is 9.53 Å². The molecule has 6 heteroatoms. The molecule has 0 amide bonds. The molecule has 0 bridgehead atoms. The Morgan fingerprint density at radius 2 is 1.48 bits per heavy atom. The van der Waals surface area contributed by atoms with Crippen LogP contribution in [0.3, 0.4) is 0 Å². The van der Waals surface area contributed by atoms with Crippen molar-refractivity contribution in [1.82, 2.24) is 0 Å². The number of allylic oxidation sites excluding steroid dienone is 2. The number of nitrogens with zero attached hydrogens (tertiary/aromatic N) is 2. The predicted molar refractivity (Wildman–Crippen MR) is 128 cm³/mol. The molecule has 0 saturated heterocycles. The molecule has 166 valence electrons. The number of carbonyl (C=O) groups is 1. The molecule has 0 saturated carbocycles. The number of nitro groups is 1. The molecule has 1 aliphatic rings. The zero-order valence-electron chi connectivity index (χ0n) is 18.4. The van der Waals surface area contributed by atoms with Crippen LogP contribution in [0.15, 0.2) is 108 Å². The lowest BCUT2D eigenvalue weighted by Crippen LogP contribution is -2.23. The summed E-state index contributed by atoms with van der Waals surface area (Å²) in [6, 6.07) is 26.4. The van der Waals surface area contributed by atoms with E-state index in [-0.39, 0.29) is 17.5 Å². The summed E-state index contributed by atoms with van der Waals surface area (Å²) in [5.41, 5.74) is 4.23. The van der Waals surface area contributed by atoms with Crippen LogP contribution in [0.1, 0.15) is 29.9 Å². The SMILES string of the molecule is COC(=O)C1=C[C@@H](c2ccccc2)[C@@H](c2ccccc2)C(C)=CN1c1ccc([N+](=O)[O-])cc1. The molecule has 1 aliphatic heterocycles. The summed E-state index contributed by atoms with van der Waals surface area (Å²) in [4.78, 5) is 25.4. The second-order valence-electron chi connectivity index (χ2n) is 7.88. The van der Waals surface area contributed by atoms with Crippen molar-refractivity contribution in [3.05, 3.63) is 130 Å². The standard InChI is InChI=1S/C27H24N2O4/c1-19-18-28(22-13-15-23(16-14-22)29(31)32)25(27(30)33-2)17-24(20-9-5-3-6-10-20)26(19)21-11-7-4-8-12-21/h3-18,24,26H,1-2H3/t24-,26+/m0/s1. The molecular weight excluding hydrogens is 416 g/mol. The van der Waals surface area contributed by atoms with Gasteiger partial charge in [-0.3, -0.25) is 10.1 Å². The molecule has 4 rings (SSSR count). The van der Waals surface area contributed by atoms with Crippen LogP contribution >= 0.6 is 0 Å². The minimum atomic E-state index is -0.480. The van der Waals surface area contributed by atoms with Crippen LogP contribution in [0, 0.1) is 10.1 Å². The van der Waals surface area contributed by atoms with E-state index in [1.54, 1.807) is 17.0 Å². The maximum absolute atomic E-state index is 12.9. The Balaban J connectivity index is 1.92. The third-order valence-electron chi connectivity index (χ3n) is 5.86. The van der Waals surface area contributed by atoms with E-state index >= 15 is 0 Å². The van der Waals surface area contributed by atoms with Crippen LogP contribution in [0.2, 0.25) is 0 Å². The third-order valence-corrected chi connectivity index (χ3v) is 5.86. The number of carbonyl (C=O) groups excluding carboxylic acids is 1. The molecule has 2 atom stereocenters. The molecule has 3 aromatic carbocycles. The lowest BCUT2D eigenvalue weighted by atomic mass is 9.77. The van der Waals surface area contributed by atoms with Crippen LogP contribution in [-0.4, -0.2) is 18.0 Å². The van der Waals surface area contributed by atoms with Gasteiger partial charge in [-0.1, -0.05) is 60.7 Å². The second-order valence-corrected chi connectivity index (χ2v) is 7.88. The summed E-state index contributed by atoms with van der Waals surface area (Å²) < 4.78 is 5.13. The summed E-state index contributed by atoms with van der Waals surface area (Å²) in [7, 11) is 1.35. The van der Waals surface area contributed by atoms with E-state index in [9.17, 15) is 14.9 Å². The highest BCUT2D eigenvalue weighted by molar-refractivity contribution is 5.94. The lowest BCUT2D eigenvalue weighted by Gasteiger charge is -2.25. The normalized spacial score (nSPS) is 18.1. The van der Waals surface area contributed by atoms with Crippen molar-refractivity contribution >= 4 is 17.3 Å². The first-order valence-corrected chi connectivity index (χ1v) is 10.6. The predicted octanol–water partition coefficient (Wildman–Crippen LogP) is 5.94. The molecule has 0 N–H and O–H groups in total. The molecule has 0 fully saturated rings. The highest BCUT2D eigenvalue weighted by atomic mass is 16.6. The van der Waals surface area contributed by atoms with Crippen molar-refractivity contribution in [2.24, 2.45) is 0 Å². The van der Waals surface area contributed by atoms with Gasteiger partial charge >= 0.3 is 5.97 Å². The monoisotopic (exact) mass is 440 g/mol. The second kappa shape index (κ2) is 9.53. The van der Waals surface area contributed by atoms with Crippen molar-refractivity contribution in [3.63, 3.8) is 0 Å². The Morgan fingerprint density at radius 1 is 0.909 bits per heavy atom. The average molecular weight is 440 g/mol. The van der Waals surface area contributed by atoms with Crippen LogP contribution < -0.4 is 4.90 Å². The number of esters is 1. The first-order chi connectivity index (χ1) is 16.0. The van der Waals surface area contributed by atoms with Gasteiger partial charge in [0, 0.05) is 35.9 Å². The molecule has 0 spiro atoms. The minimum Gasteiger partial charge on any atom is -0.464 e. The van der Waals surface area contributed by atoms with Crippen LogP contribution in [0.5, 0.6) is 0 Å². The first-order valence-electron chi connectivity index (χ1n) is 10.6. The van der Waals surface area contributed by atoms with E-state index in [4.69, 9.17) is 4.74 Å². The van der Waals surface area contributed by atoms with E-state index in [2.05, 4.69) is 24.3 Å². The summed E-state index contributed by atoms with van der Waals surface area (Å²) in [6.07, 6.45) is 3.86. The van der Waals surface area contributed by atoms with Crippen LogP contribution in [0.25, 0.3) is 0 Å². The fraction of sp³-hybridized carbons (Fsp3) is 0.148. The first kappa shape index (κ1) is 22.0. The highest BCUT2D eigenvalue weighted by Gasteiger charge is 2.32. The maximum atomic E-state index is 12.9. The number of nitro benzene ring substituents is 1. The summed E-state index contributed by atoms with van der Waals surface area (Å²) in [5.74, 6) is -0.620. The van der Waals surface area contributed by atoms with Gasteiger partial charge in [0.15, 0.2) is 0 Å². The quantitative estimate of drug-likeness (QED) is 0.279. The van der Waals surface area contributed by atoms with E-state index in [1.165, 1.54) is 19.2 Å². The molecule has 0 radical (unpaired) electrons. The van der Waals surface area contributed by atoms with Gasteiger partial charge in [-0.15, -0.1) is 0 Å². The topological polar surface area (TPSA) is 72.7 Å². The van der Waals surface area contributed by atoms with Gasteiger partial charge in [0.1, 0.15) is 5.70 Å². The summed E-state index contributed by atoms with van der Waals surface area (Å²) in [5, 5.41) is 11.1. The molecule has 0 aromatic heterocycles. The molecule has 33 heavy (non-hydrogen) atoms. The number of rotatable bonds is 5. The average Bonchev–Trinajstić information content (AvgIpc) is 3.01. The Bertz CT molecular complexity index is 1200. The third kappa shape index (κ3) is 4.55. The number of ether oxygens (including phenoxy) is 1. The van der Waals surface area contributed by atoms with E-state index in [1.807, 2.05) is 55.6 Å². The Kier molecular flexibility index (Phi) is 6.36. The largest absolute Gasteiger partial charge is 0.464 e. The van der Waals surface area contributed by atoms with E-state index in [0.717, 1.165) is 16.7 Å². The molecule has 0 aliphatic carbocycles. The van der Waals surface area contributed by atoms with Crippen molar-refractivity contribution in [2.75, 3.05) is 12.0 Å². The van der Waals surface area contributed by atoms with Gasteiger partial charge in [-0.2, -0.15) is 0 Å². The van der Waals surface area contributed by atoms with E-state index < -0.39 is 10.9 Å². The molecule has 1 heterocycles. The number of hydrogen-bond donors (Lipinski definition) is 0. The Labute approximate surface area is 192 Å². The fourth-order valence-corrected chi connectivity index (χ4v) is 4.30. The number of anilines is 1. The Hall–Kier alpha value is -4.19. The highest BCUT2D eigenvalue weighted by Crippen LogP contribution is 2.43. The zero-order chi connectivity index (χ0) is 23.4. The summed E-state index contributed by atoms with van der Waals surface area (Å²) in [6.45, 7) is 2.04. The van der Waals surface area contributed by atoms with E-state index in [0.29, 0.717) is 11.4 Å². The molecule has 0 unspecified atom stereocenters. The molecule has 6 nitrogen and oxygen atoms in total. The van der Waals surface area contributed by atoms with Gasteiger partial charge in [0.25, 0.3) is 5.69 Å². The number of benzene rings is 3. The zero-order valence-corrected chi connectivity index (χ0v) is 18.4. The van der Waals surface area contributed by atoms with Crippen molar-refractivity contribution in [1.29, 1.82) is 0 Å². The minimum absolute atomic E-state index is 0.0119. The van der Waals surface area contributed by atoms with Gasteiger partial charge in [-0.25, -0.2) is 4.79 Å². The fourth-order valence-electron chi connectivity index (χ4n) is 4.30. The van der Waals surface area contributed by atoms with Gasteiger partial charge in [0.05, 0.1) is 12.0 Å². The molecule has 3 aromatic rings. The van der Waals surface area contributed by atoms with Crippen LogP contribution in [0.4, 0.5) is 11.4 Å². The van der Waals surface area contributed by atoms with Gasteiger partial charge in [0.2, 0.25) is 0 Å². The van der Waals surface area contributed by atoms with Gasteiger partial charge < -0.3 is 9.64 Å². The number of non-ortho nitro benzene ring substituents is 1. The van der Waals surface area contributed by atoms with Crippen molar-refractivity contribution in [3.8, 4) is 0 Å². The summed E-state index contributed by atoms with van der Waals surface area (Å²) >= 11 is 0.